The van der Waals surface area contributed by atoms with E-state index in [1.807, 2.05) is 76.2 Å². The molecular weight excluding hydrogens is 556 g/mol. The van der Waals surface area contributed by atoms with Crippen molar-refractivity contribution in [3.63, 3.8) is 0 Å². The van der Waals surface area contributed by atoms with Gasteiger partial charge in [-0.2, -0.15) is 13.2 Å². The van der Waals surface area contributed by atoms with Gasteiger partial charge in [0, 0.05) is 12.5 Å². The van der Waals surface area contributed by atoms with Gasteiger partial charge in [0.15, 0.2) is 0 Å². The SMILES string of the molecule is CC1(C)OB(C(=Cc2cc(Cl)nc(C(F)(F)F)c2)CNC(=O)OCC2c3ccccc3-c3ccccc32)OC1(C)C. The molecule has 41 heavy (non-hydrogen) atoms. The molecule has 1 saturated heterocycles. The Balaban J connectivity index is 1.34. The first-order valence-electron chi connectivity index (χ1n) is 13.1. The lowest BCUT2D eigenvalue weighted by molar-refractivity contribution is -0.141. The second-order valence-corrected chi connectivity index (χ2v) is 11.5. The lowest BCUT2D eigenvalue weighted by Gasteiger charge is -2.32. The summed E-state index contributed by atoms with van der Waals surface area (Å²) in [6, 6.07) is 18.2. The molecule has 2 aromatic carbocycles. The molecule has 0 spiro atoms. The topological polar surface area (TPSA) is 69.7 Å². The average Bonchev–Trinajstić information content (AvgIpc) is 3.33. The van der Waals surface area contributed by atoms with Gasteiger partial charge in [0.25, 0.3) is 0 Å². The standard InChI is InChI=1S/C30H29BClF3N2O4/c1-28(2)29(3,4)41-31(40-28)19(13-18-14-25(30(33,34)35)37-26(32)15-18)16-36-27(38)39-17-24-22-11-7-5-9-20(22)21-10-6-8-12-23(21)24/h5-15,24H,16-17H2,1-4H3,(H,36,38). The third-order valence-electron chi connectivity index (χ3n) is 7.80. The molecule has 0 saturated carbocycles. The summed E-state index contributed by atoms with van der Waals surface area (Å²) in [5.41, 5.74) is 2.33. The third kappa shape index (κ3) is 6.00. The number of alkyl halides is 3. The summed E-state index contributed by atoms with van der Waals surface area (Å²) in [6.07, 6.45) is -3.91. The number of fused-ring (bicyclic) bond motifs is 3. The molecule has 1 fully saturated rings. The molecular formula is C30H29BClF3N2O4. The zero-order valence-corrected chi connectivity index (χ0v) is 23.8. The van der Waals surface area contributed by atoms with E-state index in [1.165, 1.54) is 12.1 Å². The van der Waals surface area contributed by atoms with E-state index in [4.69, 9.17) is 25.6 Å². The van der Waals surface area contributed by atoms with E-state index in [0.717, 1.165) is 28.3 Å². The molecule has 2 aliphatic rings. The lowest BCUT2D eigenvalue weighted by Crippen LogP contribution is -2.41. The summed E-state index contributed by atoms with van der Waals surface area (Å²) in [5, 5.41) is 2.39. The van der Waals surface area contributed by atoms with Gasteiger partial charge in [0.2, 0.25) is 0 Å². The van der Waals surface area contributed by atoms with E-state index in [1.54, 1.807) is 0 Å². The predicted octanol–water partition coefficient (Wildman–Crippen LogP) is 7.31. The number of hydrogen-bond acceptors (Lipinski definition) is 5. The summed E-state index contributed by atoms with van der Waals surface area (Å²) < 4.78 is 58.0. The van der Waals surface area contributed by atoms with Gasteiger partial charge in [-0.25, -0.2) is 9.78 Å². The van der Waals surface area contributed by atoms with Gasteiger partial charge in [-0.15, -0.1) is 0 Å². The number of carbonyl (C=O) groups excluding carboxylic acids is 1. The molecule has 214 valence electrons. The minimum Gasteiger partial charge on any atom is -0.449 e. The van der Waals surface area contributed by atoms with Gasteiger partial charge in [-0.05, 0) is 73.1 Å². The van der Waals surface area contributed by atoms with Crippen LogP contribution in [0.1, 0.15) is 56.0 Å². The summed E-state index contributed by atoms with van der Waals surface area (Å²) in [6.45, 7) is 7.44. The number of amides is 1. The molecule has 6 nitrogen and oxygen atoms in total. The number of alkyl carbamates (subject to hydrolysis) is 1. The number of nitrogens with zero attached hydrogens (tertiary/aromatic N) is 1. The largest absolute Gasteiger partial charge is 0.492 e. The summed E-state index contributed by atoms with van der Waals surface area (Å²) in [4.78, 5) is 16.3. The van der Waals surface area contributed by atoms with Crippen LogP contribution in [0, 0.1) is 0 Å². The van der Waals surface area contributed by atoms with Crippen molar-refractivity contribution < 1.29 is 32.0 Å². The second kappa shape index (κ2) is 10.8. The van der Waals surface area contributed by atoms with E-state index in [0.29, 0.717) is 5.47 Å². The number of rotatable bonds is 6. The monoisotopic (exact) mass is 584 g/mol. The van der Waals surface area contributed by atoms with Gasteiger partial charge >= 0.3 is 19.4 Å². The maximum atomic E-state index is 13.4. The van der Waals surface area contributed by atoms with Crippen LogP contribution in [0.4, 0.5) is 18.0 Å². The van der Waals surface area contributed by atoms with Crippen LogP contribution in [0.2, 0.25) is 5.15 Å². The van der Waals surface area contributed by atoms with Crippen LogP contribution in [0.15, 0.2) is 66.1 Å². The number of halogens is 4. The molecule has 0 unspecified atom stereocenters. The van der Waals surface area contributed by atoms with Gasteiger partial charge in [0.05, 0.1) is 11.2 Å². The van der Waals surface area contributed by atoms with Crippen molar-refractivity contribution in [3.05, 3.63) is 93.7 Å². The van der Waals surface area contributed by atoms with Crippen LogP contribution in [-0.4, -0.2) is 42.5 Å². The second-order valence-electron chi connectivity index (χ2n) is 11.1. The van der Waals surface area contributed by atoms with E-state index >= 15 is 0 Å². The highest BCUT2D eigenvalue weighted by Gasteiger charge is 2.52. The van der Waals surface area contributed by atoms with Crippen LogP contribution < -0.4 is 5.32 Å². The molecule has 3 aromatic rings. The van der Waals surface area contributed by atoms with Gasteiger partial charge < -0.3 is 19.4 Å². The molecule has 1 N–H and O–H groups in total. The molecule has 1 aliphatic carbocycles. The Kier molecular flexibility index (Phi) is 7.69. The molecule has 5 rings (SSSR count). The Hall–Kier alpha value is -3.34. The van der Waals surface area contributed by atoms with E-state index in [-0.39, 0.29) is 29.8 Å². The van der Waals surface area contributed by atoms with E-state index < -0.39 is 36.3 Å². The fraction of sp³-hybridized carbons (Fsp3) is 0.333. The molecule has 1 aromatic heterocycles. The average molecular weight is 585 g/mol. The molecule has 2 heterocycles. The fourth-order valence-corrected chi connectivity index (χ4v) is 5.20. The van der Waals surface area contributed by atoms with E-state index in [2.05, 4.69) is 10.3 Å². The minimum atomic E-state index is -4.68. The van der Waals surface area contributed by atoms with Crippen molar-refractivity contribution in [2.24, 2.45) is 0 Å². The zero-order chi connectivity index (χ0) is 29.6. The van der Waals surface area contributed by atoms with Crippen LogP contribution in [0.5, 0.6) is 0 Å². The third-order valence-corrected chi connectivity index (χ3v) is 7.99. The van der Waals surface area contributed by atoms with Crippen molar-refractivity contribution in [2.45, 2.75) is 51.0 Å². The Morgan fingerprint density at radius 1 is 1.02 bits per heavy atom. The zero-order valence-electron chi connectivity index (χ0n) is 23.0. The van der Waals surface area contributed by atoms with Crippen LogP contribution in [0.3, 0.4) is 0 Å². The Bertz CT molecular complexity index is 1450. The molecule has 0 bridgehead atoms. The summed E-state index contributed by atoms with van der Waals surface area (Å²) in [7, 11) is -0.935. The molecule has 0 radical (unpaired) electrons. The van der Waals surface area contributed by atoms with Crippen LogP contribution in [-0.2, 0) is 20.2 Å². The molecule has 0 atom stereocenters. The number of carbonyl (C=O) groups is 1. The normalized spacial score (nSPS) is 17.8. The first-order valence-corrected chi connectivity index (χ1v) is 13.5. The fourth-order valence-electron chi connectivity index (χ4n) is 4.98. The summed E-state index contributed by atoms with van der Waals surface area (Å²) in [5.74, 6) is -0.119. The lowest BCUT2D eigenvalue weighted by atomic mass is 9.77. The van der Waals surface area contributed by atoms with Crippen molar-refractivity contribution in [1.82, 2.24) is 10.3 Å². The quantitative estimate of drug-likeness (QED) is 0.243. The van der Waals surface area contributed by atoms with Gasteiger partial charge in [0.1, 0.15) is 17.5 Å². The van der Waals surface area contributed by atoms with E-state index in [9.17, 15) is 18.0 Å². The Morgan fingerprint density at radius 3 is 2.15 bits per heavy atom. The number of benzene rings is 2. The number of pyridine rings is 1. The molecule has 1 aliphatic heterocycles. The minimum absolute atomic E-state index is 0.102. The van der Waals surface area contributed by atoms with Gasteiger partial charge in [-0.1, -0.05) is 66.2 Å². The van der Waals surface area contributed by atoms with Crippen molar-refractivity contribution in [2.75, 3.05) is 13.2 Å². The van der Waals surface area contributed by atoms with Crippen molar-refractivity contribution in [1.29, 1.82) is 0 Å². The summed E-state index contributed by atoms with van der Waals surface area (Å²) >= 11 is 5.90. The highest BCUT2D eigenvalue weighted by Crippen LogP contribution is 2.44. The van der Waals surface area contributed by atoms with Gasteiger partial charge in [-0.3, -0.25) is 0 Å². The number of hydrogen-bond donors (Lipinski definition) is 1. The first-order chi connectivity index (χ1) is 19.2. The van der Waals surface area contributed by atoms with Crippen LogP contribution in [0.25, 0.3) is 17.2 Å². The number of ether oxygens (including phenoxy) is 1. The molecule has 11 heteroatoms. The maximum Gasteiger partial charge on any atom is 0.492 e. The smallest absolute Gasteiger partial charge is 0.449 e. The highest BCUT2D eigenvalue weighted by molar-refractivity contribution is 6.56. The Labute approximate surface area is 242 Å². The molecule has 1 amide bonds. The highest BCUT2D eigenvalue weighted by atomic mass is 35.5. The van der Waals surface area contributed by atoms with Crippen molar-refractivity contribution >= 4 is 30.9 Å². The predicted molar refractivity (Wildman–Crippen MR) is 151 cm³/mol. The Morgan fingerprint density at radius 2 is 1.59 bits per heavy atom. The number of nitrogens with one attached hydrogen (secondary N) is 1. The first kappa shape index (κ1) is 29.2. The van der Waals surface area contributed by atoms with Crippen molar-refractivity contribution in [3.8, 4) is 11.1 Å². The number of aromatic nitrogens is 1. The van der Waals surface area contributed by atoms with Crippen LogP contribution >= 0.6 is 11.6 Å². The maximum absolute atomic E-state index is 13.4.